The highest BCUT2D eigenvalue weighted by Gasteiger charge is 2.09. The van der Waals surface area contributed by atoms with Gasteiger partial charge in [0, 0.05) is 77.8 Å². The van der Waals surface area contributed by atoms with E-state index in [1.807, 2.05) is 59.7 Å². The molecule has 6 N–H and O–H groups in total. The normalized spacial score (nSPS) is 9.27. The molecule has 0 saturated carbocycles. The quantitative estimate of drug-likeness (QED) is 0.144. The van der Waals surface area contributed by atoms with Crippen LogP contribution in [0.4, 0.5) is 0 Å². The summed E-state index contributed by atoms with van der Waals surface area (Å²) in [6.45, 7) is 18.6. The number of rotatable bonds is 18. The molecule has 0 heterocycles. The summed E-state index contributed by atoms with van der Waals surface area (Å²) in [5, 5.41) is 16.4. The van der Waals surface area contributed by atoms with Crippen molar-refractivity contribution < 1.29 is 28.8 Å². The standard InChI is InChI=1S/C27H42N6O6.3C2H6/c1-4-22(34)28-10-7-25(37)31-16-19-13-20(17-32-26(38)8-11-29-23(35)5-2)15-21(14-19)18-33-27(39)9-12-30-24(36)6-3;3*1-2/h13-15H,4-12,16-18H2,1-3H3,(H,28,34)(H,29,35)(H,30,36)(H,31,37)(H,32,38)(H,33,39);3*1-2H3. The number of carbonyl (C=O) groups is 6. The minimum Gasteiger partial charge on any atom is -0.356 e. The number of nitrogens with one attached hydrogen (secondary N) is 6. The Morgan fingerprint density at radius 1 is 0.400 bits per heavy atom. The van der Waals surface area contributed by atoms with Crippen LogP contribution in [0, 0.1) is 0 Å². The number of hydrogen-bond donors (Lipinski definition) is 6. The van der Waals surface area contributed by atoms with Crippen molar-refractivity contribution in [3.8, 4) is 0 Å². The molecule has 0 bridgehead atoms. The van der Waals surface area contributed by atoms with Gasteiger partial charge in [0.05, 0.1) is 0 Å². The fourth-order valence-electron chi connectivity index (χ4n) is 3.33. The summed E-state index contributed by atoms with van der Waals surface area (Å²) >= 11 is 0. The molecular formula is C33H60N6O6. The summed E-state index contributed by atoms with van der Waals surface area (Å²) in [4.78, 5) is 70.6. The van der Waals surface area contributed by atoms with Crippen LogP contribution in [0.1, 0.15) is 118 Å². The Kier molecular flexibility index (Phi) is 31.8. The van der Waals surface area contributed by atoms with E-state index >= 15 is 0 Å². The third kappa shape index (κ3) is 26.2. The van der Waals surface area contributed by atoms with Crippen LogP contribution >= 0.6 is 0 Å². The monoisotopic (exact) mass is 636 g/mol. The molecule has 45 heavy (non-hydrogen) atoms. The number of hydrogen-bond acceptors (Lipinski definition) is 6. The molecule has 0 aliphatic carbocycles. The van der Waals surface area contributed by atoms with Crippen LogP contribution in [0.2, 0.25) is 0 Å². The minimum absolute atomic E-state index is 0.121. The number of carbonyl (C=O) groups excluding carboxylic acids is 6. The zero-order valence-corrected chi connectivity index (χ0v) is 29.2. The van der Waals surface area contributed by atoms with Gasteiger partial charge in [-0.25, -0.2) is 0 Å². The first-order valence-corrected chi connectivity index (χ1v) is 16.4. The lowest BCUT2D eigenvalue weighted by Crippen LogP contribution is -2.31. The van der Waals surface area contributed by atoms with Crippen LogP contribution in [0.3, 0.4) is 0 Å². The molecule has 12 heteroatoms. The SMILES string of the molecule is CC.CC.CC.CCC(=O)NCCC(=O)NCc1cc(CNC(=O)CCNC(=O)CC)cc(CNC(=O)CCNC(=O)CC)c1. The maximum absolute atomic E-state index is 12.2. The molecule has 12 nitrogen and oxygen atoms in total. The predicted octanol–water partition coefficient (Wildman–Crippen LogP) is 3.36. The lowest BCUT2D eigenvalue weighted by Gasteiger charge is -2.13. The number of benzene rings is 1. The first-order valence-electron chi connectivity index (χ1n) is 16.4. The molecule has 0 aliphatic heterocycles. The molecule has 0 aliphatic rings. The van der Waals surface area contributed by atoms with Crippen molar-refractivity contribution in [3.63, 3.8) is 0 Å². The van der Waals surface area contributed by atoms with E-state index in [1.165, 1.54) is 0 Å². The summed E-state index contributed by atoms with van der Waals surface area (Å²) in [5.41, 5.74) is 2.34. The van der Waals surface area contributed by atoms with Gasteiger partial charge in [0.15, 0.2) is 0 Å². The lowest BCUT2D eigenvalue weighted by molar-refractivity contribution is -0.123. The Labute approximate surface area is 271 Å². The van der Waals surface area contributed by atoms with Crippen molar-refractivity contribution in [1.29, 1.82) is 0 Å². The Bertz CT molecular complexity index is 864. The molecule has 1 aromatic rings. The zero-order chi connectivity index (χ0) is 35.0. The van der Waals surface area contributed by atoms with Gasteiger partial charge in [-0.05, 0) is 16.7 Å². The van der Waals surface area contributed by atoms with E-state index in [-0.39, 0.29) is 94.0 Å². The second-order valence-corrected chi connectivity index (χ2v) is 8.85. The van der Waals surface area contributed by atoms with Gasteiger partial charge in [-0.3, -0.25) is 28.8 Å². The first-order chi connectivity index (χ1) is 21.7. The maximum Gasteiger partial charge on any atom is 0.222 e. The van der Waals surface area contributed by atoms with Gasteiger partial charge in [0.1, 0.15) is 0 Å². The van der Waals surface area contributed by atoms with Crippen molar-refractivity contribution in [1.82, 2.24) is 31.9 Å². The summed E-state index contributed by atoms with van der Waals surface area (Å²) < 4.78 is 0. The lowest BCUT2D eigenvalue weighted by atomic mass is 10.0. The van der Waals surface area contributed by atoms with E-state index in [0.29, 0.717) is 19.3 Å². The molecule has 0 saturated heterocycles. The second-order valence-electron chi connectivity index (χ2n) is 8.85. The van der Waals surface area contributed by atoms with Crippen molar-refractivity contribution in [2.45, 2.75) is 120 Å². The van der Waals surface area contributed by atoms with Crippen LogP contribution in [0.5, 0.6) is 0 Å². The van der Waals surface area contributed by atoms with Gasteiger partial charge in [-0.1, -0.05) is 80.5 Å². The average Bonchev–Trinajstić information content (AvgIpc) is 3.07. The van der Waals surface area contributed by atoms with Crippen LogP contribution in [-0.4, -0.2) is 55.1 Å². The highest BCUT2D eigenvalue weighted by molar-refractivity contribution is 5.80. The molecule has 6 amide bonds. The van der Waals surface area contributed by atoms with Gasteiger partial charge in [-0.15, -0.1) is 0 Å². The predicted molar refractivity (Wildman–Crippen MR) is 180 cm³/mol. The summed E-state index contributed by atoms with van der Waals surface area (Å²) in [6, 6.07) is 5.55. The highest BCUT2D eigenvalue weighted by Crippen LogP contribution is 2.11. The van der Waals surface area contributed by atoms with E-state index in [0.717, 1.165) is 16.7 Å². The van der Waals surface area contributed by atoms with Gasteiger partial charge in [-0.2, -0.15) is 0 Å². The molecule has 0 aromatic heterocycles. The van der Waals surface area contributed by atoms with Crippen molar-refractivity contribution in [2.75, 3.05) is 19.6 Å². The Morgan fingerprint density at radius 3 is 0.822 bits per heavy atom. The van der Waals surface area contributed by atoms with Crippen molar-refractivity contribution in [2.24, 2.45) is 0 Å². The molecule has 0 radical (unpaired) electrons. The van der Waals surface area contributed by atoms with E-state index in [9.17, 15) is 28.8 Å². The largest absolute Gasteiger partial charge is 0.356 e. The fourth-order valence-corrected chi connectivity index (χ4v) is 3.33. The summed E-state index contributed by atoms with van der Waals surface area (Å²) in [7, 11) is 0. The second kappa shape index (κ2) is 31.5. The van der Waals surface area contributed by atoms with Gasteiger partial charge in [0.2, 0.25) is 35.4 Å². The number of amides is 6. The van der Waals surface area contributed by atoms with Gasteiger partial charge < -0.3 is 31.9 Å². The van der Waals surface area contributed by atoms with Crippen LogP contribution in [0.15, 0.2) is 18.2 Å². The zero-order valence-electron chi connectivity index (χ0n) is 29.2. The molecule has 1 rings (SSSR count). The highest BCUT2D eigenvalue weighted by atomic mass is 16.2. The molecule has 0 spiro atoms. The van der Waals surface area contributed by atoms with Gasteiger partial charge >= 0.3 is 0 Å². The van der Waals surface area contributed by atoms with Gasteiger partial charge in [0.25, 0.3) is 0 Å². The first kappa shape index (κ1) is 45.5. The minimum atomic E-state index is -0.219. The molecule has 1 aromatic carbocycles. The molecular weight excluding hydrogens is 576 g/mol. The Hall–Kier alpha value is -3.96. The van der Waals surface area contributed by atoms with Crippen molar-refractivity contribution in [3.05, 3.63) is 34.9 Å². The fraction of sp³-hybridized carbons (Fsp3) is 0.636. The molecule has 0 atom stereocenters. The van der Waals surface area contributed by atoms with E-state index < -0.39 is 0 Å². The summed E-state index contributed by atoms with van der Waals surface area (Å²) in [5.74, 6) is -1.02. The maximum atomic E-state index is 12.2. The average molecular weight is 637 g/mol. The summed E-state index contributed by atoms with van der Waals surface area (Å²) in [6.07, 6.45) is 1.50. The third-order valence-corrected chi connectivity index (χ3v) is 5.57. The van der Waals surface area contributed by atoms with Crippen LogP contribution < -0.4 is 31.9 Å². The molecule has 0 fully saturated rings. The Morgan fingerprint density at radius 2 is 0.622 bits per heavy atom. The third-order valence-electron chi connectivity index (χ3n) is 5.57. The van der Waals surface area contributed by atoms with E-state index in [2.05, 4.69) is 31.9 Å². The van der Waals surface area contributed by atoms with Crippen molar-refractivity contribution >= 4 is 35.4 Å². The molecule has 0 unspecified atom stereocenters. The smallest absolute Gasteiger partial charge is 0.222 e. The van der Waals surface area contributed by atoms with Crippen LogP contribution in [-0.2, 0) is 48.4 Å². The topological polar surface area (TPSA) is 175 Å². The van der Waals surface area contributed by atoms with E-state index in [4.69, 9.17) is 0 Å². The van der Waals surface area contributed by atoms with Crippen LogP contribution in [0.25, 0.3) is 0 Å². The Balaban J connectivity index is -0.00000276. The molecule has 258 valence electrons. The van der Waals surface area contributed by atoms with E-state index in [1.54, 1.807) is 20.8 Å².